The number of aromatic nitrogens is 1. The Kier molecular flexibility index (Phi) is 3.83. The summed E-state index contributed by atoms with van der Waals surface area (Å²) in [7, 11) is 0. The predicted molar refractivity (Wildman–Crippen MR) is 69.6 cm³/mol. The lowest BCUT2D eigenvalue weighted by atomic mass is 10.0. The number of nitrogens with zero attached hydrogens (tertiary/aromatic N) is 2. The minimum Gasteiger partial charge on any atom is -0.481 e. The SMILES string of the molecule is Cc1ccc(CC(=O)N2CCC(C(=O)O)C2C)cn1. The molecular formula is C14H18N2O3. The van der Waals surface area contributed by atoms with Gasteiger partial charge in [-0.05, 0) is 31.9 Å². The summed E-state index contributed by atoms with van der Waals surface area (Å²) in [5.74, 6) is -1.29. The van der Waals surface area contributed by atoms with Crippen molar-refractivity contribution in [3.8, 4) is 0 Å². The molecule has 5 nitrogen and oxygen atoms in total. The quantitative estimate of drug-likeness (QED) is 0.890. The molecule has 0 saturated carbocycles. The van der Waals surface area contributed by atoms with Crippen LogP contribution >= 0.6 is 0 Å². The Bertz CT molecular complexity index is 484. The van der Waals surface area contributed by atoms with Crippen LogP contribution in [0.1, 0.15) is 24.6 Å². The van der Waals surface area contributed by atoms with Crippen LogP contribution in [0.2, 0.25) is 0 Å². The molecule has 0 radical (unpaired) electrons. The molecule has 2 unspecified atom stereocenters. The lowest BCUT2D eigenvalue weighted by molar-refractivity contribution is -0.143. The molecule has 0 bridgehead atoms. The molecule has 2 rings (SSSR count). The van der Waals surface area contributed by atoms with Crippen molar-refractivity contribution in [1.82, 2.24) is 9.88 Å². The highest BCUT2D eigenvalue weighted by Crippen LogP contribution is 2.25. The van der Waals surface area contributed by atoms with Gasteiger partial charge in [0.15, 0.2) is 0 Å². The monoisotopic (exact) mass is 262 g/mol. The molecule has 1 amide bonds. The maximum atomic E-state index is 12.2. The largest absolute Gasteiger partial charge is 0.481 e. The fraction of sp³-hybridized carbons (Fsp3) is 0.500. The first kappa shape index (κ1) is 13.5. The summed E-state index contributed by atoms with van der Waals surface area (Å²) in [6.45, 7) is 4.22. The molecule has 1 aliphatic rings. The highest BCUT2D eigenvalue weighted by molar-refractivity contribution is 5.81. The molecule has 0 aliphatic carbocycles. The summed E-state index contributed by atoms with van der Waals surface area (Å²) in [6.07, 6.45) is 2.51. The minimum absolute atomic E-state index is 0.0260. The van der Waals surface area contributed by atoms with Crippen LogP contribution in [-0.4, -0.2) is 39.5 Å². The van der Waals surface area contributed by atoms with E-state index in [1.807, 2.05) is 19.1 Å². The summed E-state index contributed by atoms with van der Waals surface area (Å²) < 4.78 is 0. The summed E-state index contributed by atoms with van der Waals surface area (Å²) >= 11 is 0. The Morgan fingerprint density at radius 3 is 2.74 bits per heavy atom. The number of rotatable bonds is 3. The minimum atomic E-state index is -0.820. The van der Waals surface area contributed by atoms with Crippen molar-refractivity contribution in [3.05, 3.63) is 29.6 Å². The summed E-state index contributed by atoms with van der Waals surface area (Å²) in [5, 5.41) is 9.06. The fourth-order valence-electron chi connectivity index (χ4n) is 2.50. The highest BCUT2D eigenvalue weighted by atomic mass is 16.4. The van der Waals surface area contributed by atoms with E-state index in [2.05, 4.69) is 4.98 Å². The van der Waals surface area contributed by atoms with Crippen molar-refractivity contribution in [3.63, 3.8) is 0 Å². The fourth-order valence-corrected chi connectivity index (χ4v) is 2.50. The third-order valence-corrected chi connectivity index (χ3v) is 3.72. The van der Waals surface area contributed by atoms with E-state index in [4.69, 9.17) is 5.11 Å². The summed E-state index contributed by atoms with van der Waals surface area (Å²) in [4.78, 5) is 29.0. The van der Waals surface area contributed by atoms with E-state index in [0.29, 0.717) is 13.0 Å². The second-order valence-electron chi connectivity index (χ2n) is 5.05. The molecule has 1 aliphatic heterocycles. The second-order valence-corrected chi connectivity index (χ2v) is 5.05. The zero-order valence-corrected chi connectivity index (χ0v) is 11.2. The highest BCUT2D eigenvalue weighted by Gasteiger charge is 2.37. The molecule has 1 N–H and O–H groups in total. The Balaban J connectivity index is 2.01. The number of aryl methyl sites for hydroxylation is 1. The van der Waals surface area contributed by atoms with Gasteiger partial charge in [-0.15, -0.1) is 0 Å². The van der Waals surface area contributed by atoms with E-state index in [0.717, 1.165) is 11.3 Å². The number of hydrogen-bond acceptors (Lipinski definition) is 3. The molecule has 102 valence electrons. The number of carbonyl (C=O) groups is 2. The predicted octanol–water partition coefficient (Wildman–Crippen LogP) is 1.25. The first-order valence-electron chi connectivity index (χ1n) is 6.43. The molecule has 0 spiro atoms. The van der Waals surface area contributed by atoms with E-state index < -0.39 is 11.9 Å². The van der Waals surface area contributed by atoms with Crippen LogP contribution in [0.4, 0.5) is 0 Å². The van der Waals surface area contributed by atoms with Crippen molar-refractivity contribution in [2.75, 3.05) is 6.54 Å². The number of carboxylic acids is 1. The van der Waals surface area contributed by atoms with Crippen LogP contribution < -0.4 is 0 Å². The van der Waals surface area contributed by atoms with Crippen LogP contribution in [0, 0.1) is 12.8 Å². The van der Waals surface area contributed by atoms with Gasteiger partial charge in [-0.2, -0.15) is 0 Å². The maximum Gasteiger partial charge on any atom is 0.308 e. The molecule has 1 saturated heterocycles. The first-order valence-corrected chi connectivity index (χ1v) is 6.43. The summed E-state index contributed by atoms with van der Waals surface area (Å²) in [6, 6.07) is 3.52. The second kappa shape index (κ2) is 5.38. The maximum absolute atomic E-state index is 12.2. The number of likely N-dealkylation sites (tertiary alicyclic amines) is 1. The van der Waals surface area contributed by atoms with Crippen LogP contribution in [0.3, 0.4) is 0 Å². The first-order chi connectivity index (χ1) is 8.99. The molecule has 1 aromatic rings. The van der Waals surface area contributed by atoms with Crippen LogP contribution in [0.25, 0.3) is 0 Å². The number of carboxylic acid groups (broad SMARTS) is 1. The van der Waals surface area contributed by atoms with Gasteiger partial charge < -0.3 is 10.0 Å². The lowest BCUT2D eigenvalue weighted by Crippen LogP contribution is -2.38. The van der Waals surface area contributed by atoms with Gasteiger partial charge in [0.1, 0.15) is 0 Å². The van der Waals surface area contributed by atoms with Gasteiger partial charge >= 0.3 is 5.97 Å². The van der Waals surface area contributed by atoms with E-state index in [1.54, 1.807) is 18.0 Å². The molecule has 1 fully saturated rings. The van der Waals surface area contributed by atoms with Crippen molar-refractivity contribution in [2.24, 2.45) is 5.92 Å². The number of hydrogen-bond donors (Lipinski definition) is 1. The topological polar surface area (TPSA) is 70.5 Å². The van der Waals surface area contributed by atoms with Gasteiger partial charge in [-0.1, -0.05) is 6.07 Å². The van der Waals surface area contributed by atoms with E-state index in [9.17, 15) is 9.59 Å². The third-order valence-electron chi connectivity index (χ3n) is 3.72. The third kappa shape index (κ3) is 2.92. The Hall–Kier alpha value is -1.91. The van der Waals surface area contributed by atoms with E-state index in [-0.39, 0.29) is 18.4 Å². The molecule has 2 atom stereocenters. The van der Waals surface area contributed by atoms with E-state index >= 15 is 0 Å². The normalized spacial score (nSPS) is 22.5. The Labute approximate surface area is 112 Å². The van der Waals surface area contributed by atoms with Crippen LogP contribution in [0.15, 0.2) is 18.3 Å². The number of aliphatic carboxylic acids is 1. The molecule has 2 heterocycles. The zero-order chi connectivity index (χ0) is 14.0. The van der Waals surface area contributed by atoms with Gasteiger partial charge in [-0.25, -0.2) is 0 Å². The average Bonchev–Trinajstić information content (AvgIpc) is 2.74. The standard InChI is InChI=1S/C14H18N2O3/c1-9-3-4-11(8-15-9)7-13(17)16-6-5-12(10(16)2)14(18)19/h3-4,8,10,12H,5-7H2,1-2H3,(H,18,19). The van der Waals surface area contributed by atoms with Crippen molar-refractivity contribution in [2.45, 2.75) is 32.7 Å². The van der Waals surface area contributed by atoms with Gasteiger partial charge in [0.25, 0.3) is 0 Å². The molecule has 1 aromatic heterocycles. The van der Waals surface area contributed by atoms with Crippen LogP contribution in [-0.2, 0) is 16.0 Å². The zero-order valence-electron chi connectivity index (χ0n) is 11.2. The van der Waals surface area contributed by atoms with Crippen molar-refractivity contribution < 1.29 is 14.7 Å². The molecule has 5 heteroatoms. The van der Waals surface area contributed by atoms with Gasteiger partial charge in [-0.3, -0.25) is 14.6 Å². The van der Waals surface area contributed by atoms with Gasteiger partial charge in [0.2, 0.25) is 5.91 Å². The molecular weight excluding hydrogens is 244 g/mol. The Morgan fingerprint density at radius 2 is 2.21 bits per heavy atom. The smallest absolute Gasteiger partial charge is 0.308 e. The lowest BCUT2D eigenvalue weighted by Gasteiger charge is -2.23. The number of amides is 1. The number of carbonyl (C=O) groups excluding carboxylic acids is 1. The number of pyridine rings is 1. The van der Waals surface area contributed by atoms with Crippen molar-refractivity contribution in [1.29, 1.82) is 0 Å². The van der Waals surface area contributed by atoms with Gasteiger partial charge in [0, 0.05) is 24.5 Å². The van der Waals surface area contributed by atoms with Crippen LogP contribution in [0.5, 0.6) is 0 Å². The molecule has 19 heavy (non-hydrogen) atoms. The van der Waals surface area contributed by atoms with Gasteiger partial charge in [0.05, 0.1) is 12.3 Å². The Morgan fingerprint density at radius 1 is 1.47 bits per heavy atom. The molecule has 0 aromatic carbocycles. The summed E-state index contributed by atoms with van der Waals surface area (Å²) in [5.41, 5.74) is 1.78. The average molecular weight is 262 g/mol. The van der Waals surface area contributed by atoms with Crippen molar-refractivity contribution >= 4 is 11.9 Å². The van der Waals surface area contributed by atoms with E-state index in [1.165, 1.54) is 0 Å².